The van der Waals surface area contributed by atoms with Crippen LogP contribution >= 0.6 is 0 Å². The number of nitrogens with one attached hydrogen (secondary N) is 1. The van der Waals surface area contributed by atoms with Gasteiger partial charge in [-0.2, -0.15) is 0 Å². The van der Waals surface area contributed by atoms with Crippen LogP contribution in [0.2, 0.25) is 0 Å². The molecule has 3 aliphatic rings. The third kappa shape index (κ3) is 3.88. The van der Waals surface area contributed by atoms with Crippen molar-refractivity contribution in [3.05, 3.63) is 33.4 Å². The topological polar surface area (TPSA) is 127 Å². The van der Waals surface area contributed by atoms with Crippen LogP contribution in [0.15, 0.2) is 11.0 Å². The first kappa shape index (κ1) is 23.4. The maximum absolute atomic E-state index is 15.8. The van der Waals surface area contributed by atoms with E-state index in [1.165, 1.54) is 6.20 Å². The number of pyridine rings is 1. The van der Waals surface area contributed by atoms with Crippen molar-refractivity contribution in [3.8, 4) is 0 Å². The van der Waals surface area contributed by atoms with Gasteiger partial charge in [0.2, 0.25) is 5.43 Å². The van der Waals surface area contributed by atoms with E-state index < -0.39 is 34.5 Å². The van der Waals surface area contributed by atoms with E-state index in [0.29, 0.717) is 29.9 Å². The van der Waals surface area contributed by atoms with Gasteiger partial charge in [0.05, 0.1) is 28.3 Å². The van der Waals surface area contributed by atoms with Gasteiger partial charge in [0.15, 0.2) is 5.82 Å². The van der Waals surface area contributed by atoms with Crippen LogP contribution in [0.1, 0.15) is 68.4 Å². The Morgan fingerprint density at radius 2 is 1.94 bits per heavy atom. The Balaban J connectivity index is 1.59. The average molecular weight is 487 g/mol. The summed E-state index contributed by atoms with van der Waals surface area (Å²) in [6.45, 7) is 8.05. The molecule has 1 atom stereocenters. The quantitative estimate of drug-likeness (QED) is 0.564. The third-order valence-electron chi connectivity index (χ3n) is 7.38. The standard InChI is InChI=1S/C25H31FN4O5/c1-12-19-16(21(31)14(22(32)33)9-30(19)13-5-6-13)18(27)17(26)20(12)29-10-15(25(11-29)7-8-25)28-23(34)35-24(2,3)4/h9,13,15H,5-8,10-11,27H2,1-4H3,(H,28,34)(H,32,33)/t15-/m0/s1. The first-order valence-corrected chi connectivity index (χ1v) is 12.0. The predicted molar refractivity (Wildman–Crippen MR) is 130 cm³/mol. The number of amides is 1. The van der Waals surface area contributed by atoms with E-state index in [1.807, 2.05) is 4.90 Å². The number of carboxylic acid groups (broad SMARTS) is 1. The number of nitrogens with two attached hydrogens (primary N) is 1. The summed E-state index contributed by atoms with van der Waals surface area (Å²) in [6.07, 6.45) is 4.35. The van der Waals surface area contributed by atoms with Gasteiger partial charge in [-0.1, -0.05) is 0 Å². The number of aryl methyl sites for hydroxylation is 1. The van der Waals surface area contributed by atoms with E-state index in [4.69, 9.17) is 10.5 Å². The van der Waals surface area contributed by atoms with Gasteiger partial charge in [0.25, 0.3) is 0 Å². The predicted octanol–water partition coefficient (Wildman–Crippen LogP) is 3.56. The number of carbonyl (C=O) groups excluding carboxylic acids is 1. The van der Waals surface area contributed by atoms with Crippen molar-refractivity contribution in [2.24, 2.45) is 5.41 Å². The first-order valence-electron chi connectivity index (χ1n) is 12.0. The summed E-state index contributed by atoms with van der Waals surface area (Å²) in [7, 11) is 0. The van der Waals surface area contributed by atoms with Gasteiger partial charge in [-0.05, 0) is 58.9 Å². The minimum Gasteiger partial charge on any atom is -0.477 e. The second-order valence-corrected chi connectivity index (χ2v) is 11.2. The molecule has 0 radical (unpaired) electrons. The van der Waals surface area contributed by atoms with Crippen molar-refractivity contribution in [1.29, 1.82) is 0 Å². The summed E-state index contributed by atoms with van der Waals surface area (Å²) in [5, 5.41) is 12.4. The Labute approximate surface area is 202 Å². The van der Waals surface area contributed by atoms with Gasteiger partial charge in [0, 0.05) is 30.7 Å². The summed E-state index contributed by atoms with van der Waals surface area (Å²) in [6, 6.07) is -0.171. The van der Waals surface area contributed by atoms with Crippen LogP contribution in [0.3, 0.4) is 0 Å². The molecule has 2 heterocycles. The largest absolute Gasteiger partial charge is 0.477 e. The molecule has 2 saturated carbocycles. The molecule has 10 heteroatoms. The lowest BCUT2D eigenvalue weighted by molar-refractivity contribution is 0.0493. The molecule has 1 aromatic carbocycles. The number of carbonyl (C=O) groups is 2. The normalized spacial score (nSPS) is 20.9. The van der Waals surface area contributed by atoms with Crippen molar-refractivity contribution in [2.75, 3.05) is 23.7 Å². The molecule has 5 rings (SSSR count). The summed E-state index contributed by atoms with van der Waals surface area (Å²) < 4.78 is 23.0. The van der Waals surface area contributed by atoms with E-state index in [1.54, 1.807) is 32.3 Å². The van der Waals surface area contributed by atoms with Crippen molar-refractivity contribution in [2.45, 2.75) is 71.1 Å². The number of carboxylic acids is 1. The lowest BCUT2D eigenvalue weighted by atomic mass is 10.0. The number of halogens is 1. The molecular weight excluding hydrogens is 455 g/mol. The fraction of sp³-hybridized carbons (Fsp3) is 0.560. The van der Waals surface area contributed by atoms with Gasteiger partial charge >= 0.3 is 12.1 Å². The SMILES string of the molecule is Cc1c(N2C[C@H](NC(=O)OC(C)(C)C)C3(CC3)C2)c(F)c(N)c2c(=O)c(C(=O)O)cn(C3CC3)c12. The van der Waals surface area contributed by atoms with Crippen LogP contribution in [0.5, 0.6) is 0 Å². The van der Waals surface area contributed by atoms with Crippen LogP contribution in [0.25, 0.3) is 10.9 Å². The zero-order chi connectivity index (χ0) is 25.4. The molecule has 9 nitrogen and oxygen atoms in total. The van der Waals surface area contributed by atoms with Gasteiger partial charge in [-0.25, -0.2) is 14.0 Å². The lowest BCUT2D eigenvalue weighted by Gasteiger charge is -2.26. The highest BCUT2D eigenvalue weighted by Crippen LogP contribution is 2.54. The maximum atomic E-state index is 15.8. The second kappa shape index (κ2) is 7.60. The molecule has 1 saturated heterocycles. The second-order valence-electron chi connectivity index (χ2n) is 11.2. The van der Waals surface area contributed by atoms with E-state index in [0.717, 1.165) is 25.7 Å². The molecular formula is C25H31FN4O5. The highest BCUT2D eigenvalue weighted by atomic mass is 19.1. The van der Waals surface area contributed by atoms with Crippen LogP contribution in [0.4, 0.5) is 20.6 Å². The fourth-order valence-corrected chi connectivity index (χ4v) is 5.40. The Morgan fingerprint density at radius 3 is 2.49 bits per heavy atom. The average Bonchev–Trinajstić information content (AvgIpc) is 3.64. The highest BCUT2D eigenvalue weighted by Gasteiger charge is 2.56. The number of alkyl carbamates (subject to hydrolysis) is 1. The number of hydrogen-bond acceptors (Lipinski definition) is 6. The van der Waals surface area contributed by atoms with Gasteiger partial charge in [-0.3, -0.25) is 4.79 Å². The van der Waals surface area contributed by atoms with Crippen molar-refractivity contribution < 1.29 is 23.8 Å². The van der Waals surface area contributed by atoms with Crippen molar-refractivity contribution in [3.63, 3.8) is 0 Å². The van der Waals surface area contributed by atoms with Gasteiger partial charge < -0.3 is 30.4 Å². The number of benzene rings is 1. The van der Waals surface area contributed by atoms with Crippen LogP contribution in [0, 0.1) is 18.2 Å². The molecule has 0 bridgehead atoms. The van der Waals surface area contributed by atoms with Gasteiger partial charge in [-0.15, -0.1) is 0 Å². The fourth-order valence-electron chi connectivity index (χ4n) is 5.40. The number of aromatic nitrogens is 1. The van der Waals surface area contributed by atoms with Crippen LogP contribution in [-0.4, -0.2) is 46.5 Å². The number of hydrogen-bond donors (Lipinski definition) is 3. The molecule has 1 amide bonds. The number of aromatic carboxylic acids is 1. The zero-order valence-electron chi connectivity index (χ0n) is 20.4. The molecule has 3 fully saturated rings. The molecule has 0 unspecified atom stereocenters. The number of nitrogens with zero attached hydrogens (tertiary/aromatic N) is 2. The number of fused-ring (bicyclic) bond motifs is 1. The Bertz CT molecular complexity index is 1320. The van der Waals surface area contributed by atoms with E-state index in [-0.39, 0.29) is 28.6 Å². The molecule has 2 aliphatic carbocycles. The monoisotopic (exact) mass is 486 g/mol. The molecule has 1 aliphatic heterocycles. The van der Waals surface area contributed by atoms with E-state index in [9.17, 15) is 19.5 Å². The summed E-state index contributed by atoms with van der Waals surface area (Å²) in [5.41, 5.74) is 5.18. The first-order chi connectivity index (χ1) is 16.3. The van der Waals surface area contributed by atoms with Crippen LogP contribution < -0.4 is 21.4 Å². The number of rotatable bonds is 4. The molecule has 2 aromatic rings. The zero-order valence-corrected chi connectivity index (χ0v) is 20.4. The summed E-state index contributed by atoms with van der Waals surface area (Å²) in [4.78, 5) is 39.1. The lowest BCUT2D eigenvalue weighted by Crippen LogP contribution is -2.44. The molecule has 188 valence electrons. The Hall–Kier alpha value is -3.30. The number of nitrogen functional groups attached to an aromatic ring is 1. The summed E-state index contributed by atoms with van der Waals surface area (Å²) >= 11 is 0. The molecule has 1 spiro atoms. The van der Waals surface area contributed by atoms with Crippen LogP contribution in [-0.2, 0) is 4.74 Å². The minimum absolute atomic E-state index is 0.0440. The Kier molecular flexibility index (Phi) is 5.09. The highest BCUT2D eigenvalue weighted by molar-refractivity contribution is 6.01. The van der Waals surface area contributed by atoms with E-state index >= 15 is 4.39 Å². The third-order valence-corrected chi connectivity index (χ3v) is 7.38. The smallest absolute Gasteiger partial charge is 0.407 e. The van der Waals surface area contributed by atoms with Crippen molar-refractivity contribution >= 4 is 34.3 Å². The van der Waals surface area contributed by atoms with E-state index in [2.05, 4.69) is 5.32 Å². The minimum atomic E-state index is -1.36. The van der Waals surface area contributed by atoms with Gasteiger partial charge in [0.1, 0.15) is 11.2 Å². The summed E-state index contributed by atoms with van der Waals surface area (Å²) in [5.74, 6) is -2.09. The molecule has 35 heavy (non-hydrogen) atoms. The maximum Gasteiger partial charge on any atom is 0.407 e. The van der Waals surface area contributed by atoms with Crippen molar-refractivity contribution in [1.82, 2.24) is 9.88 Å². The number of anilines is 2. The molecule has 1 aromatic heterocycles. The number of ether oxygens (including phenoxy) is 1. The Morgan fingerprint density at radius 1 is 1.29 bits per heavy atom. The molecule has 4 N–H and O–H groups in total.